The molecule has 0 fully saturated rings. The molecule has 0 unspecified atom stereocenters. The van der Waals surface area contributed by atoms with Crippen molar-refractivity contribution in [3.8, 4) is 0 Å². The van der Waals surface area contributed by atoms with Crippen LogP contribution in [-0.4, -0.2) is 24.6 Å². The maximum absolute atomic E-state index is 12.7. The number of aryl methyl sites for hydroxylation is 1. The van der Waals surface area contributed by atoms with E-state index in [0.29, 0.717) is 11.4 Å². The van der Waals surface area contributed by atoms with Gasteiger partial charge in [-0.05, 0) is 32.9 Å². The Hall–Kier alpha value is -2.61. The molecule has 1 aromatic carbocycles. The van der Waals surface area contributed by atoms with Gasteiger partial charge in [-0.15, -0.1) is 0 Å². The van der Waals surface area contributed by atoms with Gasteiger partial charge < -0.3 is 9.68 Å². The molecule has 0 amide bonds. The molecule has 0 saturated carbocycles. The fraction of sp³-hybridized carbons (Fsp3) is 0.200. The highest BCUT2D eigenvalue weighted by Crippen LogP contribution is 2.31. The first kappa shape index (κ1) is 15.3. The largest absolute Gasteiger partial charge is 0.371 e. The molecule has 1 aromatic rings. The van der Waals surface area contributed by atoms with E-state index in [4.69, 9.17) is 4.84 Å². The number of carbonyl (C=O) groups is 1. The number of rotatable bonds is 2. The summed E-state index contributed by atoms with van der Waals surface area (Å²) in [7, 11) is -3.89. The Kier molecular flexibility index (Phi) is 3.48. The van der Waals surface area contributed by atoms with Gasteiger partial charge in [0, 0.05) is 6.08 Å². The molecule has 8 heteroatoms. The number of benzene rings is 1. The van der Waals surface area contributed by atoms with E-state index in [-0.39, 0.29) is 16.2 Å². The Morgan fingerprint density at radius 3 is 2.30 bits per heavy atom. The van der Waals surface area contributed by atoms with Gasteiger partial charge in [0.25, 0.3) is 10.0 Å². The zero-order valence-electron chi connectivity index (χ0n) is 12.7. The molecule has 3 rings (SSSR count). The van der Waals surface area contributed by atoms with Gasteiger partial charge in [0.2, 0.25) is 0 Å². The van der Waals surface area contributed by atoms with Crippen LogP contribution in [-0.2, 0) is 24.5 Å². The van der Waals surface area contributed by atoms with Crippen molar-refractivity contribution in [3.05, 3.63) is 52.9 Å². The first-order chi connectivity index (χ1) is 10.8. The number of oxime groups is 1. The molecule has 0 bridgehead atoms. The summed E-state index contributed by atoms with van der Waals surface area (Å²) in [5, 5.41) is 3.56. The van der Waals surface area contributed by atoms with Crippen LogP contribution in [0.3, 0.4) is 0 Å². The molecule has 0 saturated heterocycles. The third-order valence-electron chi connectivity index (χ3n) is 3.42. The number of carbonyl (C=O) groups excluding carboxylic acids is 1. The van der Waals surface area contributed by atoms with E-state index in [2.05, 4.69) is 9.99 Å². The van der Waals surface area contributed by atoms with Crippen molar-refractivity contribution < 1.29 is 22.9 Å². The van der Waals surface area contributed by atoms with Crippen LogP contribution in [0.15, 0.2) is 57.4 Å². The van der Waals surface area contributed by atoms with Crippen molar-refractivity contribution >= 4 is 21.7 Å². The van der Waals surface area contributed by atoms with Gasteiger partial charge >= 0.3 is 5.97 Å². The quantitative estimate of drug-likeness (QED) is 0.610. The predicted molar refractivity (Wildman–Crippen MR) is 81.3 cm³/mol. The lowest BCUT2D eigenvalue weighted by Crippen LogP contribution is -2.26. The van der Waals surface area contributed by atoms with Crippen LogP contribution in [0.1, 0.15) is 19.4 Å². The zero-order valence-corrected chi connectivity index (χ0v) is 13.5. The van der Waals surface area contributed by atoms with Crippen LogP contribution in [0.4, 0.5) is 0 Å². The molecule has 0 spiro atoms. The summed E-state index contributed by atoms with van der Waals surface area (Å²) >= 11 is 0. The van der Waals surface area contributed by atoms with Crippen molar-refractivity contribution in [2.75, 3.05) is 0 Å². The van der Waals surface area contributed by atoms with E-state index in [9.17, 15) is 13.2 Å². The number of sulfonamides is 1. The summed E-state index contributed by atoms with van der Waals surface area (Å²) in [5.74, 6) is -0.571. The fourth-order valence-electron chi connectivity index (χ4n) is 2.22. The molecule has 2 heterocycles. The van der Waals surface area contributed by atoms with E-state index in [0.717, 1.165) is 10.0 Å². The number of allylic oxidation sites excluding steroid dienone is 2. The smallest absolute Gasteiger partial charge is 0.364 e. The Bertz CT molecular complexity index is 879. The minimum absolute atomic E-state index is 0.0986. The lowest BCUT2D eigenvalue weighted by molar-refractivity contribution is -0.137. The first-order valence-electron chi connectivity index (χ1n) is 6.79. The van der Waals surface area contributed by atoms with Gasteiger partial charge in [-0.25, -0.2) is 4.79 Å². The second-order valence-electron chi connectivity index (χ2n) is 5.22. The highest BCUT2D eigenvalue weighted by atomic mass is 32.2. The van der Waals surface area contributed by atoms with Crippen molar-refractivity contribution in [2.24, 2.45) is 5.16 Å². The monoisotopic (exact) mass is 334 g/mol. The molecular formula is C15H14N2O5S. The standard InChI is InChI=1S/C15H14N2O5S/c1-9-4-6-12(7-5-9)23(19,20)17-10(2)8-13(22-17)14-11(3)16-21-15(14)18/h4-8H,1-3H3. The molecule has 0 N–H and O–H groups in total. The van der Waals surface area contributed by atoms with Crippen molar-refractivity contribution in [1.82, 2.24) is 4.47 Å². The van der Waals surface area contributed by atoms with E-state index < -0.39 is 16.0 Å². The van der Waals surface area contributed by atoms with Gasteiger partial charge in [-0.2, -0.15) is 8.42 Å². The molecule has 0 aliphatic carbocycles. The average Bonchev–Trinajstić information content (AvgIpc) is 3.02. The molecule has 7 nitrogen and oxygen atoms in total. The number of hydrogen-bond donors (Lipinski definition) is 0. The van der Waals surface area contributed by atoms with Crippen LogP contribution in [0.5, 0.6) is 0 Å². The van der Waals surface area contributed by atoms with Crippen molar-refractivity contribution in [2.45, 2.75) is 25.7 Å². The van der Waals surface area contributed by atoms with Gasteiger partial charge in [0.1, 0.15) is 5.57 Å². The molecule has 0 atom stereocenters. The second-order valence-corrected chi connectivity index (χ2v) is 6.97. The summed E-state index contributed by atoms with van der Waals surface area (Å²) in [6.07, 6.45) is 1.46. The molecule has 2 aliphatic heterocycles. The normalized spacial score (nSPS) is 21.0. The van der Waals surface area contributed by atoms with E-state index in [1.807, 2.05) is 6.92 Å². The summed E-state index contributed by atoms with van der Waals surface area (Å²) in [6, 6.07) is 6.41. The maximum atomic E-state index is 12.7. The highest BCUT2D eigenvalue weighted by Gasteiger charge is 2.36. The Labute approximate surface area is 133 Å². The van der Waals surface area contributed by atoms with Gasteiger partial charge in [-0.3, -0.25) is 0 Å². The molecule has 120 valence electrons. The number of hydrogen-bond acceptors (Lipinski definition) is 6. The molecular weight excluding hydrogens is 320 g/mol. The van der Waals surface area contributed by atoms with Gasteiger partial charge in [0.05, 0.1) is 16.3 Å². The highest BCUT2D eigenvalue weighted by molar-refractivity contribution is 7.89. The maximum Gasteiger partial charge on any atom is 0.371 e. The van der Waals surface area contributed by atoms with Crippen molar-refractivity contribution in [3.63, 3.8) is 0 Å². The van der Waals surface area contributed by atoms with Crippen LogP contribution in [0, 0.1) is 6.92 Å². The Balaban J connectivity index is 1.99. The molecule has 23 heavy (non-hydrogen) atoms. The summed E-state index contributed by atoms with van der Waals surface area (Å²) in [6.45, 7) is 5.02. The molecule has 0 radical (unpaired) electrons. The van der Waals surface area contributed by atoms with Gasteiger partial charge in [-0.1, -0.05) is 27.3 Å². The minimum Gasteiger partial charge on any atom is -0.364 e. The SMILES string of the molecule is CC1=CC(=C2C(=O)ON=C2C)ON1S(=O)(=O)c1ccc(C)cc1. The van der Waals surface area contributed by atoms with Crippen LogP contribution in [0.25, 0.3) is 0 Å². The first-order valence-corrected chi connectivity index (χ1v) is 8.23. The van der Waals surface area contributed by atoms with Crippen LogP contribution in [0.2, 0.25) is 0 Å². The van der Waals surface area contributed by atoms with E-state index in [1.165, 1.54) is 18.2 Å². The summed E-state index contributed by atoms with van der Waals surface area (Å²) in [5.41, 5.74) is 1.73. The van der Waals surface area contributed by atoms with E-state index >= 15 is 0 Å². The van der Waals surface area contributed by atoms with E-state index in [1.54, 1.807) is 26.0 Å². The van der Waals surface area contributed by atoms with Gasteiger partial charge in [0.15, 0.2) is 5.76 Å². The predicted octanol–water partition coefficient (Wildman–Crippen LogP) is 2.02. The van der Waals surface area contributed by atoms with Crippen molar-refractivity contribution in [1.29, 1.82) is 0 Å². The molecule has 0 aromatic heterocycles. The third kappa shape index (κ3) is 2.50. The number of nitrogens with zero attached hydrogens (tertiary/aromatic N) is 2. The summed E-state index contributed by atoms with van der Waals surface area (Å²) < 4.78 is 26.1. The fourth-order valence-corrected chi connectivity index (χ4v) is 3.50. The van der Waals surface area contributed by atoms with Crippen LogP contribution >= 0.6 is 0 Å². The summed E-state index contributed by atoms with van der Waals surface area (Å²) in [4.78, 5) is 21.7. The third-order valence-corrected chi connectivity index (χ3v) is 5.09. The topological polar surface area (TPSA) is 85.3 Å². The lowest BCUT2D eigenvalue weighted by Gasteiger charge is -2.19. The number of hydroxylamine groups is 1. The lowest BCUT2D eigenvalue weighted by atomic mass is 10.1. The second kappa shape index (κ2) is 5.24. The van der Waals surface area contributed by atoms with Crippen LogP contribution < -0.4 is 0 Å². The zero-order chi connectivity index (χ0) is 16.8. The Morgan fingerprint density at radius 1 is 1.09 bits per heavy atom. The minimum atomic E-state index is -3.89. The average molecular weight is 334 g/mol. The Morgan fingerprint density at radius 2 is 1.74 bits per heavy atom. The molecule has 2 aliphatic rings.